The van der Waals surface area contributed by atoms with Gasteiger partial charge in [-0.3, -0.25) is 0 Å². The summed E-state index contributed by atoms with van der Waals surface area (Å²) in [6.07, 6.45) is 1.18. The Balaban J connectivity index is 2.52. The van der Waals surface area contributed by atoms with E-state index in [1.165, 1.54) is 6.42 Å². The van der Waals surface area contributed by atoms with Crippen LogP contribution in [0, 0.1) is 0 Å². The SMILES string of the molecule is CCN(CC)CCCN(CC)c1cccc(NC)n1. The van der Waals surface area contributed by atoms with Crippen LogP contribution in [-0.2, 0) is 0 Å². The molecule has 0 unspecified atom stereocenters. The van der Waals surface area contributed by atoms with Gasteiger partial charge in [0.25, 0.3) is 0 Å². The summed E-state index contributed by atoms with van der Waals surface area (Å²) in [4.78, 5) is 9.40. The molecule has 1 rings (SSSR count). The fourth-order valence-electron chi connectivity index (χ4n) is 2.20. The third kappa shape index (κ3) is 5.07. The average molecular weight is 264 g/mol. The molecular weight excluding hydrogens is 236 g/mol. The fraction of sp³-hybridized carbons (Fsp3) is 0.667. The molecule has 19 heavy (non-hydrogen) atoms. The second kappa shape index (κ2) is 8.75. The molecule has 0 saturated carbocycles. The maximum absolute atomic E-state index is 4.60. The Hall–Kier alpha value is -1.29. The van der Waals surface area contributed by atoms with Crippen LogP contribution in [0.15, 0.2) is 18.2 Å². The van der Waals surface area contributed by atoms with Crippen LogP contribution >= 0.6 is 0 Å². The molecule has 0 atom stereocenters. The minimum atomic E-state index is 0.930. The van der Waals surface area contributed by atoms with Crippen LogP contribution in [0.5, 0.6) is 0 Å². The van der Waals surface area contributed by atoms with Gasteiger partial charge in [-0.25, -0.2) is 4.98 Å². The highest BCUT2D eigenvalue weighted by atomic mass is 15.2. The smallest absolute Gasteiger partial charge is 0.130 e. The Morgan fingerprint density at radius 2 is 1.79 bits per heavy atom. The molecule has 0 aromatic carbocycles. The van der Waals surface area contributed by atoms with E-state index in [2.05, 4.69) is 53.0 Å². The van der Waals surface area contributed by atoms with Crippen LogP contribution in [0.2, 0.25) is 0 Å². The van der Waals surface area contributed by atoms with Gasteiger partial charge in [0.1, 0.15) is 11.6 Å². The van der Waals surface area contributed by atoms with Crippen molar-refractivity contribution in [1.82, 2.24) is 9.88 Å². The van der Waals surface area contributed by atoms with E-state index >= 15 is 0 Å². The Kier molecular flexibility index (Phi) is 7.26. The molecule has 0 amide bonds. The van der Waals surface area contributed by atoms with Crippen LogP contribution in [-0.4, -0.2) is 49.7 Å². The highest BCUT2D eigenvalue weighted by Crippen LogP contribution is 2.14. The highest BCUT2D eigenvalue weighted by molar-refractivity contribution is 5.46. The van der Waals surface area contributed by atoms with Gasteiger partial charge in [-0.2, -0.15) is 0 Å². The van der Waals surface area contributed by atoms with E-state index in [1.807, 2.05) is 13.1 Å². The first-order chi connectivity index (χ1) is 9.24. The molecule has 1 aromatic heterocycles. The van der Waals surface area contributed by atoms with Crippen molar-refractivity contribution in [3.8, 4) is 0 Å². The largest absolute Gasteiger partial charge is 0.373 e. The van der Waals surface area contributed by atoms with Gasteiger partial charge in [-0.15, -0.1) is 0 Å². The molecule has 0 aliphatic heterocycles. The zero-order valence-electron chi connectivity index (χ0n) is 12.8. The molecule has 4 heteroatoms. The maximum atomic E-state index is 4.60. The Bertz CT molecular complexity index is 350. The highest BCUT2D eigenvalue weighted by Gasteiger charge is 2.07. The Morgan fingerprint density at radius 1 is 1.05 bits per heavy atom. The Labute approximate surface area is 117 Å². The van der Waals surface area contributed by atoms with Crippen molar-refractivity contribution in [3.05, 3.63) is 18.2 Å². The van der Waals surface area contributed by atoms with Crippen LogP contribution in [0.25, 0.3) is 0 Å². The third-order valence-electron chi connectivity index (χ3n) is 3.49. The minimum Gasteiger partial charge on any atom is -0.373 e. The summed E-state index contributed by atoms with van der Waals surface area (Å²) in [5.74, 6) is 1.99. The van der Waals surface area contributed by atoms with Crippen LogP contribution in [0.1, 0.15) is 27.2 Å². The summed E-state index contributed by atoms with van der Waals surface area (Å²) in [6.45, 7) is 12.1. The lowest BCUT2D eigenvalue weighted by Gasteiger charge is -2.24. The molecule has 0 spiro atoms. The summed E-state index contributed by atoms with van der Waals surface area (Å²) in [5.41, 5.74) is 0. The van der Waals surface area contributed by atoms with Crippen molar-refractivity contribution >= 4 is 11.6 Å². The number of hydrogen-bond acceptors (Lipinski definition) is 4. The first kappa shape index (κ1) is 15.8. The molecule has 4 nitrogen and oxygen atoms in total. The Morgan fingerprint density at radius 3 is 2.37 bits per heavy atom. The predicted molar refractivity (Wildman–Crippen MR) is 84.1 cm³/mol. The number of pyridine rings is 1. The molecule has 0 radical (unpaired) electrons. The fourth-order valence-corrected chi connectivity index (χ4v) is 2.20. The van der Waals surface area contributed by atoms with E-state index in [1.54, 1.807) is 0 Å². The van der Waals surface area contributed by atoms with Crippen LogP contribution in [0.3, 0.4) is 0 Å². The lowest BCUT2D eigenvalue weighted by Crippen LogP contribution is -2.30. The normalized spacial score (nSPS) is 10.8. The molecular formula is C15H28N4. The van der Waals surface area contributed by atoms with Gasteiger partial charge >= 0.3 is 0 Å². The van der Waals surface area contributed by atoms with Crippen molar-refractivity contribution < 1.29 is 0 Å². The van der Waals surface area contributed by atoms with Gasteiger partial charge in [-0.1, -0.05) is 19.9 Å². The molecule has 0 saturated heterocycles. The van der Waals surface area contributed by atoms with Gasteiger partial charge < -0.3 is 15.1 Å². The number of anilines is 2. The monoisotopic (exact) mass is 264 g/mol. The number of aromatic nitrogens is 1. The first-order valence-corrected chi connectivity index (χ1v) is 7.37. The number of nitrogens with one attached hydrogen (secondary N) is 1. The molecule has 0 bridgehead atoms. The molecule has 1 aromatic rings. The van der Waals surface area contributed by atoms with Crippen molar-refractivity contribution in [1.29, 1.82) is 0 Å². The average Bonchev–Trinajstić information content (AvgIpc) is 2.47. The first-order valence-electron chi connectivity index (χ1n) is 7.37. The standard InChI is InChI=1S/C15H28N4/c1-5-18(6-2)12-9-13-19(7-3)15-11-8-10-14(16-4)17-15/h8,10-11H,5-7,9,12-13H2,1-4H3,(H,16,17). The van der Waals surface area contributed by atoms with Gasteiger partial charge in [-0.05, 0) is 45.1 Å². The maximum Gasteiger partial charge on any atom is 0.130 e. The molecule has 0 fully saturated rings. The van der Waals surface area contributed by atoms with Gasteiger partial charge in [0.05, 0.1) is 0 Å². The third-order valence-corrected chi connectivity index (χ3v) is 3.49. The zero-order chi connectivity index (χ0) is 14.1. The van der Waals surface area contributed by atoms with E-state index < -0.39 is 0 Å². The molecule has 0 aliphatic rings. The summed E-state index contributed by atoms with van der Waals surface area (Å²) in [5, 5.41) is 3.09. The van der Waals surface area contributed by atoms with Gasteiger partial charge in [0.15, 0.2) is 0 Å². The van der Waals surface area contributed by atoms with E-state index in [4.69, 9.17) is 0 Å². The summed E-state index contributed by atoms with van der Waals surface area (Å²) in [6, 6.07) is 6.14. The van der Waals surface area contributed by atoms with E-state index in [9.17, 15) is 0 Å². The van der Waals surface area contributed by atoms with Crippen molar-refractivity contribution in [2.24, 2.45) is 0 Å². The molecule has 1 heterocycles. The molecule has 0 aliphatic carbocycles. The van der Waals surface area contributed by atoms with E-state index in [-0.39, 0.29) is 0 Å². The quantitative estimate of drug-likeness (QED) is 0.743. The molecule has 108 valence electrons. The van der Waals surface area contributed by atoms with Crippen molar-refractivity contribution in [2.45, 2.75) is 27.2 Å². The van der Waals surface area contributed by atoms with Crippen LogP contribution < -0.4 is 10.2 Å². The lowest BCUT2D eigenvalue weighted by atomic mass is 10.3. The summed E-state index contributed by atoms with van der Waals surface area (Å²) < 4.78 is 0. The number of rotatable bonds is 9. The van der Waals surface area contributed by atoms with E-state index in [0.717, 1.165) is 44.4 Å². The van der Waals surface area contributed by atoms with Gasteiger partial charge in [0.2, 0.25) is 0 Å². The molecule has 1 N–H and O–H groups in total. The van der Waals surface area contributed by atoms with E-state index in [0.29, 0.717) is 0 Å². The topological polar surface area (TPSA) is 31.4 Å². The number of nitrogens with zero attached hydrogens (tertiary/aromatic N) is 3. The second-order valence-electron chi connectivity index (χ2n) is 4.59. The van der Waals surface area contributed by atoms with Gasteiger partial charge in [0, 0.05) is 20.1 Å². The zero-order valence-corrected chi connectivity index (χ0v) is 12.8. The predicted octanol–water partition coefficient (Wildman–Crippen LogP) is 2.68. The van der Waals surface area contributed by atoms with Crippen molar-refractivity contribution in [2.75, 3.05) is 50.0 Å². The number of hydrogen-bond donors (Lipinski definition) is 1. The lowest BCUT2D eigenvalue weighted by molar-refractivity contribution is 0.300. The second-order valence-corrected chi connectivity index (χ2v) is 4.59. The summed E-state index contributed by atoms with van der Waals surface area (Å²) in [7, 11) is 1.91. The summed E-state index contributed by atoms with van der Waals surface area (Å²) >= 11 is 0. The minimum absolute atomic E-state index is 0.930. The van der Waals surface area contributed by atoms with Crippen LogP contribution in [0.4, 0.5) is 11.6 Å². The van der Waals surface area contributed by atoms with Crippen molar-refractivity contribution in [3.63, 3.8) is 0 Å².